The molecule has 132 valence electrons. The van der Waals surface area contributed by atoms with E-state index in [9.17, 15) is 9.59 Å². The number of thiophene rings is 1. The highest BCUT2D eigenvalue weighted by Gasteiger charge is 2.26. The van der Waals surface area contributed by atoms with E-state index in [2.05, 4.69) is 24.5 Å². The molecule has 0 fully saturated rings. The number of thiocarbonyl (C=S) groups is 1. The fourth-order valence-corrected chi connectivity index (χ4v) is 4.66. The van der Waals surface area contributed by atoms with Crippen LogP contribution in [0.25, 0.3) is 0 Å². The number of nitrogens with one attached hydrogen (secondary N) is 2. The molecule has 4 N–H and O–H groups in total. The molecule has 1 unspecified atom stereocenters. The summed E-state index contributed by atoms with van der Waals surface area (Å²) in [5, 5.41) is 6.56. The van der Waals surface area contributed by atoms with Crippen LogP contribution in [0, 0.1) is 5.92 Å². The first-order valence-corrected chi connectivity index (χ1v) is 9.70. The largest absolute Gasteiger partial charge is 0.365 e. The molecule has 1 aliphatic carbocycles. The van der Waals surface area contributed by atoms with Crippen LogP contribution in [0.4, 0.5) is 5.00 Å². The van der Waals surface area contributed by atoms with Crippen LogP contribution in [0.3, 0.4) is 0 Å². The zero-order valence-corrected chi connectivity index (χ0v) is 15.9. The second-order valence-corrected chi connectivity index (χ2v) is 7.89. The van der Waals surface area contributed by atoms with E-state index in [-0.39, 0.29) is 11.0 Å². The first kappa shape index (κ1) is 18.9. The van der Waals surface area contributed by atoms with Crippen LogP contribution in [0.5, 0.6) is 0 Å². The first-order chi connectivity index (χ1) is 11.4. The van der Waals surface area contributed by atoms with Crippen molar-refractivity contribution in [3.63, 3.8) is 0 Å². The molecule has 0 radical (unpaired) electrons. The maximum Gasteiger partial charge on any atom is 0.251 e. The number of anilines is 1. The van der Waals surface area contributed by atoms with Crippen LogP contribution in [-0.4, -0.2) is 16.9 Å². The summed E-state index contributed by atoms with van der Waals surface area (Å²) in [6.45, 7) is 4.30. The number of amides is 2. The maximum atomic E-state index is 11.9. The molecular weight excluding hydrogens is 342 g/mol. The number of hydrogen-bond acceptors (Lipinski definition) is 4. The lowest BCUT2D eigenvalue weighted by atomic mass is 9.88. The van der Waals surface area contributed by atoms with Crippen LogP contribution >= 0.6 is 23.6 Å². The molecule has 1 aromatic rings. The van der Waals surface area contributed by atoms with Crippen molar-refractivity contribution in [2.45, 2.75) is 58.8 Å². The van der Waals surface area contributed by atoms with E-state index in [0.29, 0.717) is 22.9 Å². The topological polar surface area (TPSA) is 84.2 Å². The second kappa shape index (κ2) is 8.58. The molecule has 1 atom stereocenters. The van der Waals surface area contributed by atoms with E-state index in [0.717, 1.165) is 44.1 Å². The Bertz CT molecular complexity index is 640. The van der Waals surface area contributed by atoms with Crippen molar-refractivity contribution in [1.82, 2.24) is 5.32 Å². The average Bonchev–Trinajstić information content (AvgIpc) is 2.84. The lowest BCUT2D eigenvalue weighted by Gasteiger charge is -2.18. The third-order valence-corrected chi connectivity index (χ3v) is 5.62. The first-order valence-electron chi connectivity index (χ1n) is 8.47. The van der Waals surface area contributed by atoms with Gasteiger partial charge in [0, 0.05) is 11.3 Å². The molecule has 0 aliphatic heterocycles. The van der Waals surface area contributed by atoms with Crippen LogP contribution < -0.4 is 16.4 Å². The van der Waals surface area contributed by atoms with Gasteiger partial charge in [0.25, 0.3) is 5.91 Å². The number of unbranched alkanes of at least 4 members (excludes halogenated alkanes) is 2. The van der Waals surface area contributed by atoms with E-state index < -0.39 is 5.91 Å². The molecule has 2 rings (SSSR count). The quantitative estimate of drug-likeness (QED) is 0.532. The van der Waals surface area contributed by atoms with Gasteiger partial charge in [-0.15, -0.1) is 11.3 Å². The second-order valence-electron chi connectivity index (χ2n) is 6.38. The molecule has 1 aliphatic rings. The highest BCUT2D eigenvalue weighted by Crippen LogP contribution is 2.39. The average molecular weight is 368 g/mol. The highest BCUT2D eigenvalue weighted by molar-refractivity contribution is 7.80. The van der Waals surface area contributed by atoms with Crippen LogP contribution in [-0.2, 0) is 17.6 Å². The minimum Gasteiger partial charge on any atom is -0.365 e. The van der Waals surface area contributed by atoms with E-state index in [4.69, 9.17) is 18.0 Å². The van der Waals surface area contributed by atoms with Gasteiger partial charge in [-0.2, -0.15) is 0 Å². The maximum absolute atomic E-state index is 11.9. The molecule has 0 saturated carbocycles. The molecule has 0 spiro atoms. The molecule has 0 aromatic carbocycles. The SMILES string of the molecule is CCCCCC(=O)NC(=S)Nc1sc2c(c1C(N)=O)CCC(C)C2. The van der Waals surface area contributed by atoms with E-state index in [1.807, 2.05) is 0 Å². The van der Waals surface area contributed by atoms with E-state index in [1.165, 1.54) is 16.2 Å². The van der Waals surface area contributed by atoms with Crippen molar-refractivity contribution < 1.29 is 9.59 Å². The van der Waals surface area contributed by atoms with E-state index in [1.54, 1.807) is 0 Å². The van der Waals surface area contributed by atoms with Crippen molar-refractivity contribution in [1.29, 1.82) is 0 Å². The molecule has 7 heteroatoms. The van der Waals surface area contributed by atoms with Crippen molar-refractivity contribution in [3.05, 3.63) is 16.0 Å². The minimum atomic E-state index is -0.443. The molecule has 1 heterocycles. The van der Waals surface area contributed by atoms with Gasteiger partial charge in [0.05, 0.1) is 5.56 Å². The molecule has 0 bridgehead atoms. The Morgan fingerprint density at radius 2 is 2.12 bits per heavy atom. The number of primary amides is 1. The Labute approximate surface area is 152 Å². The Balaban J connectivity index is 2.05. The normalized spacial score (nSPS) is 16.3. The number of carbonyl (C=O) groups is 2. The molecule has 2 amide bonds. The zero-order chi connectivity index (χ0) is 17.7. The molecule has 1 aromatic heterocycles. The van der Waals surface area contributed by atoms with Gasteiger partial charge in [-0.05, 0) is 49.4 Å². The summed E-state index contributed by atoms with van der Waals surface area (Å²) in [4.78, 5) is 24.9. The monoisotopic (exact) mass is 367 g/mol. The number of nitrogens with two attached hydrogens (primary N) is 1. The van der Waals surface area contributed by atoms with Crippen molar-refractivity contribution in [2.75, 3.05) is 5.32 Å². The number of carbonyl (C=O) groups excluding carboxylic acids is 2. The minimum absolute atomic E-state index is 0.100. The zero-order valence-electron chi connectivity index (χ0n) is 14.2. The predicted molar refractivity (Wildman–Crippen MR) is 103 cm³/mol. The lowest BCUT2D eigenvalue weighted by Crippen LogP contribution is -2.34. The smallest absolute Gasteiger partial charge is 0.251 e. The predicted octanol–water partition coefficient (Wildman–Crippen LogP) is 3.37. The Morgan fingerprint density at radius 3 is 2.79 bits per heavy atom. The van der Waals surface area contributed by atoms with Gasteiger partial charge >= 0.3 is 0 Å². The van der Waals surface area contributed by atoms with Gasteiger partial charge in [-0.3, -0.25) is 9.59 Å². The van der Waals surface area contributed by atoms with Gasteiger partial charge in [0.2, 0.25) is 5.91 Å². The number of rotatable bonds is 6. The molecule has 24 heavy (non-hydrogen) atoms. The summed E-state index contributed by atoms with van der Waals surface area (Å²) < 4.78 is 0. The Kier molecular flexibility index (Phi) is 6.74. The van der Waals surface area contributed by atoms with Gasteiger partial charge in [-0.1, -0.05) is 26.7 Å². The third kappa shape index (κ3) is 4.77. The van der Waals surface area contributed by atoms with Crippen LogP contribution in [0.15, 0.2) is 0 Å². The van der Waals surface area contributed by atoms with Crippen LogP contribution in [0.2, 0.25) is 0 Å². The summed E-state index contributed by atoms with van der Waals surface area (Å²) in [6, 6.07) is 0. The number of hydrogen-bond donors (Lipinski definition) is 3. The highest BCUT2D eigenvalue weighted by atomic mass is 32.1. The molecule has 5 nitrogen and oxygen atoms in total. The summed E-state index contributed by atoms with van der Waals surface area (Å²) in [5.41, 5.74) is 7.15. The van der Waals surface area contributed by atoms with Gasteiger partial charge in [0.15, 0.2) is 5.11 Å². The summed E-state index contributed by atoms with van der Waals surface area (Å²) in [5.74, 6) is 0.0630. The van der Waals surface area contributed by atoms with Gasteiger partial charge in [-0.25, -0.2) is 0 Å². The van der Waals surface area contributed by atoms with Crippen molar-refractivity contribution in [3.8, 4) is 0 Å². The summed E-state index contributed by atoms with van der Waals surface area (Å²) in [7, 11) is 0. The molecule has 0 saturated heterocycles. The van der Waals surface area contributed by atoms with Crippen LogP contribution in [0.1, 0.15) is 66.8 Å². The number of fused-ring (bicyclic) bond motifs is 1. The summed E-state index contributed by atoms with van der Waals surface area (Å²) >= 11 is 6.73. The summed E-state index contributed by atoms with van der Waals surface area (Å²) in [6.07, 6.45) is 6.27. The van der Waals surface area contributed by atoms with Gasteiger partial charge in [0.1, 0.15) is 5.00 Å². The third-order valence-electron chi connectivity index (χ3n) is 4.25. The fraction of sp³-hybridized carbons (Fsp3) is 0.588. The Hall–Kier alpha value is -1.47. The van der Waals surface area contributed by atoms with E-state index >= 15 is 0 Å². The van der Waals surface area contributed by atoms with Crippen molar-refractivity contribution >= 4 is 45.5 Å². The van der Waals surface area contributed by atoms with Crippen molar-refractivity contribution in [2.24, 2.45) is 11.7 Å². The Morgan fingerprint density at radius 1 is 1.38 bits per heavy atom. The lowest BCUT2D eigenvalue weighted by molar-refractivity contribution is -0.119. The fourth-order valence-electron chi connectivity index (χ4n) is 2.96. The van der Waals surface area contributed by atoms with Gasteiger partial charge < -0.3 is 16.4 Å². The molecular formula is C17H25N3O2S2. The standard InChI is InChI=1S/C17H25N3O2S2/c1-3-4-5-6-13(21)19-17(23)20-16-14(15(18)22)11-8-7-10(2)9-12(11)24-16/h10H,3-9H2,1-2H3,(H2,18,22)(H2,19,20,21,23).